The maximum Gasteiger partial charge on any atom is 0.230 e. The molecule has 1 N–H and O–H groups in total. The number of aromatic nitrogens is 2. The second-order valence-corrected chi connectivity index (χ2v) is 7.46. The Balaban J connectivity index is 1.72. The zero-order chi connectivity index (χ0) is 19.6. The molecule has 7 nitrogen and oxygen atoms in total. The number of nitrogens with zero attached hydrogens (tertiary/aromatic N) is 4. The number of carbonyl (C=O) groups is 2. The summed E-state index contributed by atoms with van der Waals surface area (Å²) in [6.45, 7) is 3.64. The molecule has 2 amide bonds. The van der Waals surface area contributed by atoms with Gasteiger partial charge >= 0.3 is 0 Å². The SMILES string of the molecule is Cc1ccc(C2C(C(=O)Nc3cnn(CCN(C)C)c3)CC(=O)N2C)cc1. The van der Waals surface area contributed by atoms with E-state index in [-0.39, 0.29) is 24.3 Å². The molecule has 2 heterocycles. The molecule has 0 radical (unpaired) electrons. The monoisotopic (exact) mass is 369 g/mol. The van der Waals surface area contributed by atoms with Gasteiger partial charge in [-0.2, -0.15) is 5.10 Å². The van der Waals surface area contributed by atoms with Gasteiger partial charge in [-0.15, -0.1) is 0 Å². The van der Waals surface area contributed by atoms with Gasteiger partial charge in [0.2, 0.25) is 11.8 Å². The number of likely N-dealkylation sites (N-methyl/N-ethyl adjacent to an activating group) is 1. The zero-order valence-corrected chi connectivity index (χ0v) is 16.3. The van der Waals surface area contributed by atoms with Crippen LogP contribution in [0.25, 0.3) is 0 Å². The van der Waals surface area contributed by atoms with Crippen molar-refractivity contribution >= 4 is 17.5 Å². The van der Waals surface area contributed by atoms with E-state index in [4.69, 9.17) is 0 Å². The van der Waals surface area contributed by atoms with Crippen LogP contribution in [-0.4, -0.2) is 59.1 Å². The Bertz CT molecular complexity index is 812. The van der Waals surface area contributed by atoms with Gasteiger partial charge < -0.3 is 15.1 Å². The first-order valence-corrected chi connectivity index (χ1v) is 9.15. The fraction of sp³-hybridized carbons (Fsp3) is 0.450. The highest BCUT2D eigenvalue weighted by molar-refractivity contribution is 5.97. The van der Waals surface area contributed by atoms with Crippen molar-refractivity contribution in [1.82, 2.24) is 19.6 Å². The first-order chi connectivity index (χ1) is 12.8. The molecular weight excluding hydrogens is 342 g/mol. The van der Waals surface area contributed by atoms with E-state index in [1.807, 2.05) is 51.5 Å². The molecule has 1 aliphatic heterocycles. The summed E-state index contributed by atoms with van der Waals surface area (Å²) < 4.78 is 1.80. The van der Waals surface area contributed by atoms with Gasteiger partial charge in [-0.05, 0) is 26.6 Å². The van der Waals surface area contributed by atoms with E-state index in [9.17, 15) is 9.59 Å². The lowest BCUT2D eigenvalue weighted by Crippen LogP contribution is -2.30. The van der Waals surface area contributed by atoms with Crippen molar-refractivity contribution in [2.45, 2.75) is 25.9 Å². The number of hydrogen-bond acceptors (Lipinski definition) is 4. The molecule has 144 valence electrons. The number of rotatable bonds is 6. The van der Waals surface area contributed by atoms with Crippen molar-refractivity contribution in [3.8, 4) is 0 Å². The highest BCUT2D eigenvalue weighted by Gasteiger charge is 2.42. The van der Waals surface area contributed by atoms with E-state index in [0.717, 1.165) is 24.2 Å². The molecule has 0 bridgehead atoms. The predicted molar refractivity (Wildman–Crippen MR) is 104 cm³/mol. The summed E-state index contributed by atoms with van der Waals surface area (Å²) in [5, 5.41) is 7.21. The summed E-state index contributed by atoms with van der Waals surface area (Å²) >= 11 is 0. The molecule has 0 spiro atoms. The molecule has 1 saturated heterocycles. The Morgan fingerprint density at radius 3 is 2.67 bits per heavy atom. The molecule has 2 atom stereocenters. The predicted octanol–water partition coefficient (Wildman–Crippen LogP) is 1.91. The Morgan fingerprint density at radius 1 is 1.30 bits per heavy atom. The van der Waals surface area contributed by atoms with Crippen LogP contribution in [0.2, 0.25) is 0 Å². The molecule has 7 heteroatoms. The number of anilines is 1. The van der Waals surface area contributed by atoms with E-state index >= 15 is 0 Å². The van der Waals surface area contributed by atoms with Crippen molar-refractivity contribution in [1.29, 1.82) is 0 Å². The highest BCUT2D eigenvalue weighted by atomic mass is 16.2. The van der Waals surface area contributed by atoms with Gasteiger partial charge in [0.15, 0.2) is 0 Å². The van der Waals surface area contributed by atoms with Crippen molar-refractivity contribution in [2.75, 3.05) is 33.0 Å². The quantitative estimate of drug-likeness (QED) is 0.844. The average molecular weight is 369 g/mol. The first-order valence-electron chi connectivity index (χ1n) is 9.15. The fourth-order valence-electron chi connectivity index (χ4n) is 3.41. The molecule has 1 fully saturated rings. The van der Waals surface area contributed by atoms with Crippen LogP contribution < -0.4 is 5.32 Å². The summed E-state index contributed by atoms with van der Waals surface area (Å²) in [4.78, 5) is 28.9. The van der Waals surface area contributed by atoms with Gasteiger partial charge in [-0.1, -0.05) is 29.8 Å². The Hall–Kier alpha value is -2.67. The third-order valence-corrected chi connectivity index (χ3v) is 5.02. The Morgan fingerprint density at radius 2 is 2.00 bits per heavy atom. The molecule has 2 aromatic rings. The van der Waals surface area contributed by atoms with Crippen molar-refractivity contribution in [3.63, 3.8) is 0 Å². The van der Waals surface area contributed by atoms with E-state index in [2.05, 4.69) is 15.3 Å². The van der Waals surface area contributed by atoms with Crippen LogP contribution in [0.4, 0.5) is 5.69 Å². The number of likely N-dealkylation sites (tertiary alicyclic amines) is 1. The molecule has 27 heavy (non-hydrogen) atoms. The van der Waals surface area contributed by atoms with Crippen LogP contribution in [-0.2, 0) is 16.1 Å². The van der Waals surface area contributed by atoms with Gasteiger partial charge in [0, 0.05) is 26.2 Å². The molecule has 1 aromatic carbocycles. The largest absolute Gasteiger partial charge is 0.338 e. The topological polar surface area (TPSA) is 70.5 Å². The zero-order valence-electron chi connectivity index (χ0n) is 16.3. The van der Waals surface area contributed by atoms with Crippen molar-refractivity contribution in [2.24, 2.45) is 5.92 Å². The molecule has 0 aliphatic carbocycles. The van der Waals surface area contributed by atoms with Crippen LogP contribution in [0, 0.1) is 12.8 Å². The summed E-state index contributed by atoms with van der Waals surface area (Å²) in [6, 6.07) is 7.76. The van der Waals surface area contributed by atoms with E-state index in [1.165, 1.54) is 0 Å². The van der Waals surface area contributed by atoms with Gasteiger partial charge in [0.1, 0.15) is 0 Å². The van der Waals surface area contributed by atoms with E-state index in [0.29, 0.717) is 5.69 Å². The lowest BCUT2D eigenvalue weighted by molar-refractivity contribution is -0.127. The number of benzene rings is 1. The Kier molecular flexibility index (Phi) is 5.60. The molecule has 1 aromatic heterocycles. The highest BCUT2D eigenvalue weighted by Crippen LogP contribution is 2.37. The molecule has 1 aliphatic rings. The van der Waals surface area contributed by atoms with E-state index in [1.54, 1.807) is 22.8 Å². The maximum atomic E-state index is 12.9. The minimum Gasteiger partial charge on any atom is -0.338 e. The standard InChI is InChI=1S/C20H27N5O2/c1-14-5-7-15(8-6-14)19-17(11-18(26)24(19)4)20(27)22-16-12-21-25(13-16)10-9-23(2)3/h5-8,12-13,17,19H,9-11H2,1-4H3,(H,22,27). The van der Waals surface area contributed by atoms with E-state index < -0.39 is 5.92 Å². The summed E-state index contributed by atoms with van der Waals surface area (Å²) in [5.74, 6) is -0.580. The second kappa shape index (κ2) is 7.92. The van der Waals surface area contributed by atoms with Crippen LogP contribution in [0.1, 0.15) is 23.6 Å². The molecule has 0 saturated carbocycles. The number of nitrogens with one attached hydrogen (secondary N) is 1. The number of carbonyl (C=O) groups excluding carboxylic acids is 2. The lowest BCUT2D eigenvalue weighted by Gasteiger charge is -2.25. The van der Waals surface area contributed by atoms with Crippen LogP contribution in [0.15, 0.2) is 36.7 Å². The van der Waals surface area contributed by atoms with Crippen LogP contribution >= 0.6 is 0 Å². The minimum absolute atomic E-state index is 0.0117. The lowest BCUT2D eigenvalue weighted by atomic mass is 9.92. The van der Waals surface area contributed by atoms with Crippen LogP contribution in [0.5, 0.6) is 0 Å². The Labute approximate surface area is 159 Å². The van der Waals surface area contributed by atoms with Gasteiger partial charge in [-0.25, -0.2) is 0 Å². The average Bonchev–Trinajstić information content (AvgIpc) is 3.19. The number of amides is 2. The number of aryl methyl sites for hydroxylation is 1. The summed E-state index contributed by atoms with van der Waals surface area (Å²) in [6.07, 6.45) is 3.69. The molecule has 2 unspecified atom stereocenters. The first kappa shape index (κ1) is 19.1. The molecule has 3 rings (SSSR count). The van der Waals surface area contributed by atoms with Gasteiger partial charge in [-0.3, -0.25) is 14.3 Å². The second-order valence-electron chi connectivity index (χ2n) is 7.46. The smallest absolute Gasteiger partial charge is 0.230 e. The van der Waals surface area contributed by atoms with Crippen molar-refractivity contribution < 1.29 is 9.59 Å². The maximum absolute atomic E-state index is 12.9. The summed E-state index contributed by atoms with van der Waals surface area (Å²) in [7, 11) is 5.77. The molecular formula is C20H27N5O2. The normalized spacial score (nSPS) is 19.7. The van der Waals surface area contributed by atoms with Gasteiger partial charge in [0.05, 0.1) is 30.4 Å². The van der Waals surface area contributed by atoms with Crippen LogP contribution in [0.3, 0.4) is 0 Å². The third kappa shape index (κ3) is 4.36. The third-order valence-electron chi connectivity index (χ3n) is 5.02. The van der Waals surface area contributed by atoms with Gasteiger partial charge in [0.25, 0.3) is 0 Å². The van der Waals surface area contributed by atoms with Crippen molar-refractivity contribution in [3.05, 3.63) is 47.8 Å². The fourth-order valence-corrected chi connectivity index (χ4v) is 3.41. The minimum atomic E-state index is -0.421. The number of hydrogen-bond donors (Lipinski definition) is 1. The summed E-state index contributed by atoms with van der Waals surface area (Å²) in [5.41, 5.74) is 2.79.